The fourth-order valence-electron chi connectivity index (χ4n) is 3.25. The van der Waals surface area contributed by atoms with Crippen molar-refractivity contribution < 1.29 is 29.0 Å². The number of alkyl carbamates (subject to hydrolysis) is 1. The van der Waals surface area contributed by atoms with Gasteiger partial charge in [-0.05, 0) is 69.2 Å². The summed E-state index contributed by atoms with van der Waals surface area (Å²) in [6.07, 6.45) is -0.155. The van der Waals surface area contributed by atoms with Gasteiger partial charge in [-0.25, -0.2) is 4.79 Å². The summed E-state index contributed by atoms with van der Waals surface area (Å²) in [5, 5.41) is 15.3. The average Bonchev–Trinajstić information content (AvgIpc) is 2.76. The van der Waals surface area contributed by atoms with Crippen LogP contribution in [-0.2, 0) is 14.3 Å². The maximum atomic E-state index is 13.4. The molecule has 0 aliphatic heterocycles. The largest absolute Gasteiger partial charge is 0.508 e. The molecule has 0 spiro atoms. The molecule has 3 amide bonds. The van der Waals surface area contributed by atoms with E-state index in [9.17, 15) is 19.5 Å². The van der Waals surface area contributed by atoms with Crippen molar-refractivity contribution in [1.29, 1.82) is 0 Å². The maximum Gasteiger partial charge on any atom is 0.408 e. The minimum absolute atomic E-state index is 0.0319. The highest BCUT2D eigenvalue weighted by atomic mass is 16.6. The van der Waals surface area contributed by atoms with Gasteiger partial charge in [0.1, 0.15) is 29.7 Å². The predicted octanol–water partition coefficient (Wildman–Crippen LogP) is 3.84. The second kappa shape index (κ2) is 11.9. The van der Waals surface area contributed by atoms with E-state index in [4.69, 9.17) is 9.47 Å². The minimum Gasteiger partial charge on any atom is -0.508 e. The predicted molar refractivity (Wildman–Crippen MR) is 129 cm³/mol. The Kier molecular flexibility index (Phi) is 9.29. The zero-order valence-electron chi connectivity index (χ0n) is 20.3. The highest BCUT2D eigenvalue weighted by molar-refractivity contribution is 5.98. The van der Waals surface area contributed by atoms with Crippen LogP contribution in [0.2, 0.25) is 0 Å². The van der Waals surface area contributed by atoms with Gasteiger partial charge in [0.25, 0.3) is 5.91 Å². The summed E-state index contributed by atoms with van der Waals surface area (Å²) in [7, 11) is 1.55. The van der Waals surface area contributed by atoms with Gasteiger partial charge in [-0.1, -0.05) is 19.1 Å². The van der Waals surface area contributed by atoms with Gasteiger partial charge in [0.2, 0.25) is 5.91 Å². The number of phenolic OH excluding ortho intramolecular Hbond substituents is 1. The molecule has 0 aliphatic rings. The number of methoxy groups -OCH3 is 1. The van der Waals surface area contributed by atoms with Crippen molar-refractivity contribution in [2.45, 2.75) is 45.8 Å². The Bertz CT molecular complexity index is 985. The molecule has 2 aromatic carbocycles. The van der Waals surface area contributed by atoms with Crippen molar-refractivity contribution in [3.63, 3.8) is 0 Å². The number of ether oxygens (including phenoxy) is 2. The van der Waals surface area contributed by atoms with Gasteiger partial charge >= 0.3 is 6.09 Å². The number of benzene rings is 2. The van der Waals surface area contributed by atoms with Crippen molar-refractivity contribution in [2.24, 2.45) is 0 Å². The van der Waals surface area contributed by atoms with Crippen molar-refractivity contribution >= 4 is 23.6 Å². The number of hydrogen-bond donors (Lipinski definition) is 3. The van der Waals surface area contributed by atoms with E-state index in [-0.39, 0.29) is 18.8 Å². The first kappa shape index (κ1) is 26.5. The summed E-state index contributed by atoms with van der Waals surface area (Å²) in [6.45, 7) is 6.95. The van der Waals surface area contributed by atoms with Crippen LogP contribution in [0.25, 0.3) is 0 Å². The molecule has 2 rings (SSSR count). The highest BCUT2D eigenvalue weighted by Gasteiger charge is 2.31. The summed E-state index contributed by atoms with van der Waals surface area (Å²) < 4.78 is 10.3. The molecule has 9 heteroatoms. The molecule has 0 saturated heterocycles. The second-order valence-corrected chi connectivity index (χ2v) is 8.66. The second-order valence-electron chi connectivity index (χ2n) is 8.66. The third-order valence-corrected chi connectivity index (χ3v) is 4.67. The Morgan fingerprint density at radius 1 is 1.09 bits per heavy atom. The number of nitrogens with one attached hydrogen (secondary N) is 2. The molecule has 34 heavy (non-hydrogen) atoms. The van der Waals surface area contributed by atoms with Crippen LogP contribution in [0.3, 0.4) is 0 Å². The van der Waals surface area contributed by atoms with Crippen molar-refractivity contribution in [2.75, 3.05) is 25.5 Å². The molecule has 3 N–H and O–H groups in total. The molecule has 9 nitrogen and oxygen atoms in total. The first-order valence-electron chi connectivity index (χ1n) is 11.0. The van der Waals surface area contributed by atoms with Crippen LogP contribution in [0.15, 0.2) is 48.5 Å². The number of hydrogen-bond acceptors (Lipinski definition) is 6. The first-order chi connectivity index (χ1) is 16.0. The van der Waals surface area contributed by atoms with Crippen LogP contribution in [0.1, 0.15) is 45.7 Å². The van der Waals surface area contributed by atoms with Gasteiger partial charge in [0.05, 0.1) is 7.11 Å². The smallest absolute Gasteiger partial charge is 0.408 e. The third kappa shape index (κ3) is 7.99. The van der Waals surface area contributed by atoms with Crippen LogP contribution in [0.5, 0.6) is 11.5 Å². The molecule has 184 valence electrons. The fraction of sp³-hybridized carbons (Fsp3) is 0.400. The molecule has 0 aromatic heterocycles. The number of nitrogens with zero attached hydrogens (tertiary/aromatic N) is 1. The summed E-state index contributed by atoms with van der Waals surface area (Å²) >= 11 is 0. The van der Waals surface area contributed by atoms with E-state index >= 15 is 0 Å². The molecule has 0 bridgehead atoms. The van der Waals surface area contributed by atoms with E-state index in [0.29, 0.717) is 23.4 Å². The van der Waals surface area contributed by atoms with Gasteiger partial charge in [-0.2, -0.15) is 0 Å². The quantitative estimate of drug-likeness (QED) is 0.512. The number of aromatic hydroxyl groups is 1. The lowest BCUT2D eigenvalue weighted by Crippen LogP contribution is -2.46. The molecular formula is C25H33N3O6. The van der Waals surface area contributed by atoms with Crippen LogP contribution in [0.4, 0.5) is 10.5 Å². The van der Waals surface area contributed by atoms with E-state index in [1.54, 1.807) is 64.3 Å². The number of anilines is 1. The molecule has 0 fully saturated rings. The summed E-state index contributed by atoms with van der Waals surface area (Å²) in [5.74, 6) is -0.324. The van der Waals surface area contributed by atoms with Gasteiger partial charge in [-0.3, -0.25) is 9.59 Å². The Morgan fingerprint density at radius 2 is 1.76 bits per heavy atom. The topological polar surface area (TPSA) is 117 Å². The molecule has 2 aromatic rings. The van der Waals surface area contributed by atoms with Crippen molar-refractivity contribution in [1.82, 2.24) is 10.2 Å². The lowest BCUT2D eigenvalue weighted by atomic mass is 10.0. The van der Waals surface area contributed by atoms with Crippen LogP contribution >= 0.6 is 0 Å². The minimum atomic E-state index is -1.04. The van der Waals surface area contributed by atoms with Gasteiger partial charge in [0, 0.05) is 12.2 Å². The van der Waals surface area contributed by atoms with Crippen LogP contribution < -0.4 is 15.4 Å². The molecule has 0 saturated carbocycles. The normalized spacial score (nSPS) is 11.8. The fourth-order valence-corrected chi connectivity index (χ4v) is 3.25. The standard InChI is InChI=1S/C25H33N3O6/c1-6-14-28(21(30)16-26-24(32)34-25(2,3)4)22(17-8-7-9-19(29)15-17)23(31)27-18-10-12-20(33-5)13-11-18/h7-13,15,22,29H,6,14,16H2,1-5H3,(H,26,32)(H,27,31). The number of phenols is 1. The highest BCUT2D eigenvalue weighted by Crippen LogP contribution is 2.27. The first-order valence-corrected chi connectivity index (χ1v) is 11.0. The lowest BCUT2D eigenvalue weighted by molar-refractivity contribution is -0.138. The van der Waals surface area contributed by atoms with Crippen LogP contribution in [0, 0.1) is 0 Å². The SMILES string of the molecule is CCCN(C(=O)CNC(=O)OC(C)(C)C)C(C(=O)Nc1ccc(OC)cc1)c1cccc(O)c1. The molecule has 0 radical (unpaired) electrons. The van der Waals surface area contributed by atoms with Crippen molar-refractivity contribution in [3.05, 3.63) is 54.1 Å². The zero-order chi connectivity index (χ0) is 25.3. The Morgan fingerprint density at radius 3 is 2.32 bits per heavy atom. The Labute approximate surface area is 200 Å². The Balaban J connectivity index is 2.30. The molecule has 0 heterocycles. The van der Waals surface area contributed by atoms with E-state index in [2.05, 4.69) is 10.6 Å². The summed E-state index contributed by atoms with van der Waals surface area (Å²) in [4.78, 5) is 39.9. The lowest BCUT2D eigenvalue weighted by Gasteiger charge is -2.31. The van der Waals surface area contributed by atoms with Crippen molar-refractivity contribution in [3.8, 4) is 11.5 Å². The zero-order valence-corrected chi connectivity index (χ0v) is 20.3. The number of rotatable bonds is 9. The number of amides is 3. The number of carbonyl (C=O) groups excluding carboxylic acids is 3. The maximum absolute atomic E-state index is 13.4. The van der Waals surface area contributed by atoms with Gasteiger partial charge < -0.3 is 30.1 Å². The summed E-state index contributed by atoms with van der Waals surface area (Å²) in [5.41, 5.74) is 0.246. The van der Waals surface area contributed by atoms with E-state index in [1.807, 2.05) is 6.92 Å². The number of carbonyl (C=O) groups is 3. The van der Waals surface area contributed by atoms with E-state index in [0.717, 1.165) is 0 Å². The van der Waals surface area contributed by atoms with Crippen LogP contribution in [-0.4, -0.2) is 53.7 Å². The Hall–Kier alpha value is -3.75. The third-order valence-electron chi connectivity index (χ3n) is 4.67. The molecule has 1 atom stereocenters. The summed E-state index contributed by atoms with van der Waals surface area (Å²) in [6, 6.07) is 11.9. The van der Waals surface area contributed by atoms with E-state index in [1.165, 1.54) is 17.0 Å². The molecular weight excluding hydrogens is 438 g/mol. The van der Waals surface area contributed by atoms with E-state index < -0.39 is 29.6 Å². The van der Waals surface area contributed by atoms with Gasteiger partial charge in [0.15, 0.2) is 0 Å². The average molecular weight is 472 g/mol. The van der Waals surface area contributed by atoms with Gasteiger partial charge in [-0.15, -0.1) is 0 Å². The monoisotopic (exact) mass is 471 g/mol. The molecule has 1 unspecified atom stereocenters. The molecule has 0 aliphatic carbocycles.